The lowest BCUT2D eigenvalue weighted by atomic mass is 10.2. The van der Waals surface area contributed by atoms with Crippen molar-refractivity contribution in [1.82, 2.24) is 10.2 Å². The molecule has 0 radical (unpaired) electrons. The Hall–Kier alpha value is -0.640. The van der Waals surface area contributed by atoms with Crippen molar-refractivity contribution in [3.05, 3.63) is 34.6 Å². The van der Waals surface area contributed by atoms with Gasteiger partial charge in [0.25, 0.3) is 0 Å². The van der Waals surface area contributed by atoms with Crippen molar-refractivity contribution in [3.8, 4) is 0 Å². The molecule has 0 heterocycles. The molecular formula is C14H22ClFN2. The predicted octanol–water partition coefficient (Wildman–Crippen LogP) is 3.30. The van der Waals surface area contributed by atoms with Crippen LogP contribution in [0.3, 0.4) is 0 Å². The van der Waals surface area contributed by atoms with E-state index in [1.807, 2.05) is 0 Å². The summed E-state index contributed by atoms with van der Waals surface area (Å²) < 4.78 is 13.0. The Bertz CT molecular complexity index is 367. The zero-order valence-corrected chi connectivity index (χ0v) is 12.1. The van der Waals surface area contributed by atoms with Crippen molar-refractivity contribution in [2.75, 3.05) is 19.6 Å². The van der Waals surface area contributed by atoms with Crippen molar-refractivity contribution in [2.45, 2.75) is 33.4 Å². The van der Waals surface area contributed by atoms with E-state index in [1.54, 1.807) is 12.1 Å². The first-order chi connectivity index (χ1) is 8.56. The van der Waals surface area contributed by atoms with Gasteiger partial charge in [0.2, 0.25) is 0 Å². The summed E-state index contributed by atoms with van der Waals surface area (Å²) in [6, 6.07) is 5.24. The SMILES string of the molecule is CCN(CC)CC(C)NCc1ccc(F)c(Cl)c1. The Labute approximate surface area is 114 Å². The van der Waals surface area contributed by atoms with Gasteiger partial charge in [0.1, 0.15) is 5.82 Å². The number of hydrogen-bond donors (Lipinski definition) is 1. The van der Waals surface area contributed by atoms with E-state index in [0.29, 0.717) is 12.6 Å². The fourth-order valence-corrected chi connectivity index (χ4v) is 2.08. The standard InChI is InChI=1S/C14H22ClFN2/c1-4-18(5-2)10-11(3)17-9-12-6-7-14(16)13(15)8-12/h6-8,11,17H,4-5,9-10H2,1-3H3. The van der Waals surface area contributed by atoms with Gasteiger partial charge in [-0.3, -0.25) is 0 Å². The van der Waals surface area contributed by atoms with Gasteiger partial charge < -0.3 is 10.2 Å². The Morgan fingerprint density at radius 1 is 1.33 bits per heavy atom. The maximum Gasteiger partial charge on any atom is 0.141 e. The van der Waals surface area contributed by atoms with Gasteiger partial charge in [-0.1, -0.05) is 31.5 Å². The molecule has 0 aliphatic heterocycles. The largest absolute Gasteiger partial charge is 0.309 e. The molecule has 1 aromatic carbocycles. The molecule has 0 bridgehead atoms. The first-order valence-electron chi connectivity index (χ1n) is 6.46. The minimum Gasteiger partial charge on any atom is -0.309 e. The molecule has 102 valence electrons. The highest BCUT2D eigenvalue weighted by molar-refractivity contribution is 6.30. The van der Waals surface area contributed by atoms with Crippen molar-refractivity contribution in [2.24, 2.45) is 0 Å². The molecule has 0 saturated heterocycles. The van der Waals surface area contributed by atoms with Crippen LogP contribution in [0.1, 0.15) is 26.3 Å². The van der Waals surface area contributed by atoms with Crippen molar-refractivity contribution in [3.63, 3.8) is 0 Å². The molecule has 2 nitrogen and oxygen atoms in total. The second-order valence-corrected chi connectivity index (χ2v) is 4.92. The van der Waals surface area contributed by atoms with Gasteiger partial charge in [0, 0.05) is 19.1 Å². The lowest BCUT2D eigenvalue weighted by molar-refractivity contribution is 0.270. The smallest absolute Gasteiger partial charge is 0.141 e. The van der Waals surface area contributed by atoms with Crippen LogP contribution in [0.15, 0.2) is 18.2 Å². The number of rotatable bonds is 7. The summed E-state index contributed by atoms with van der Waals surface area (Å²) in [5.41, 5.74) is 1.01. The summed E-state index contributed by atoms with van der Waals surface area (Å²) in [5, 5.41) is 3.61. The highest BCUT2D eigenvalue weighted by Crippen LogP contribution is 2.15. The zero-order chi connectivity index (χ0) is 13.5. The summed E-state index contributed by atoms with van der Waals surface area (Å²) in [4.78, 5) is 2.37. The molecular weight excluding hydrogens is 251 g/mol. The fraction of sp³-hybridized carbons (Fsp3) is 0.571. The average Bonchev–Trinajstić information content (AvgIpc) is 2.37. The van der Waals surface area contributed by atoms with E-state index in [-0.39, 0.29) is 10.8 Å². The molecule has 0 aliphatic carbocycles. The van der Waals surface area contributed by atoms with Crippen LogP contribution in [-0.4, -0.2) is 30.6 Å². The topological polar surface area (TPSA) is 15.3 Å². The normalized spacial score (nSPS) is 13.0. The van der Waals surface area contributed by atoms with Crippen molar-refractivity contribution < 1.29 is 4.39 Å². The average molecular weight is 273 g/mol. The van der Waals surface area contributed by atoms with Gasteiger partial charge in [-0.05, 0) is 37.7 Å². The Kier molecular flexibility index (Phi) is 6.61. The number of nitrogens with zero attached hydrogens (tertiary/aromatic N) is 1. The zero-order valence-electron chi connectivity index (χ0n) is 11.3. The van der Waals surface area contributed by atoms with Gasteiger partial charge in [-0.2, -0.15) is 0 Å². The van der Waals surface area contributed by atoms with E-state index in [4.69, 9.17) is 11.6 Å². The summed E-state index contributed by atoms with van der Waals surface area (Å²) in [5.74, 6) is -0.364. The molecule has 1 rings (SSSR count). The van der Waals surface area contributed by atoms with E-state index in [2.05, 4.69) is 31.0 Å². The molecule has 0 spiro atoms. The molecule has 0 fully saturated rings. The van der Waals surface area contributed by atoms with Crippen LogP contribution in [0.5, 0.6) is 0 Å². The maximum atomic E-state index is 13.0. The highest BCUT2D eigenvalue weighted by atomic mass is 35.5. The third kappa shape index (κ3) is 4.92. The molecule has 1 atom stereocenters. The van der Waals surface area contributed by atoms with Gasteiger partial charge in [-0.15, -0.1) is 0 Å². The maximum absolute atomic E-state index is 13.0. The molecule has 0 amide bonds. The Morgan fingerprint density at radius 3 is 2.56 bits per heavy atom. The summed E-state index contributed by atoms with van der Waals surface area (Å²) in [6.07, 6.45) is 0. The van der Waals surface area contributed by atoms with Crippen LogP contribution in [0.25, 0.3) is 0 Å². The van der Waals surface area contributed by atoms with Crippen LogP contribution in [0, 0.1) is 5.82 Å². The monoisotopic (exact) mass is 272 g/mol. The minimum absolute atomic E-state index is 0.186. The van der Waals surface area contributed by atoms with Crippen LogP contribution < -0.4 is 5.32 Å². The Morgan fingerprint density at radius 2 is 2.00 bits per heavy atom. The lowest BCUT2D eigenvalue weighted by Crippen LogP contribution is -2.38. The van der Waals surface area contributed by atoms with E-state index in [9.17, 15) is 4.39 Å². The molecule has 0 saturated carbocycles. The summed E-state index contributed by atoms with van der Waals surface area (Å²) >= 11 is 5.75. The second kappa shape index (κ2) is 7.72. The Balaban J connectivity index is 2.42. The molecule has 0 aliphatic rings. The number of hydrogen-bond acceptors (Lipinski definition) is 2. The number of nitrogens with one attached hydrogen (secondary N) is 1. The van der Waals surface area contributed by atoms with Crippen LogP contribution in [0.2, 0.25) is 5.02 Å². The number of halogens is 2. The predicted molar refractivity (Wildman–Crippen MR) is 75.5 cm³/mol. The molecule has 4 heteroatoms. The van der Waals surface area contributed by atoms with Crippen molar-refractivity contribution in [1.29, 1.82) is 0 Å². The summed E-state index contributed by atoms with van der Waals surface area (Å²) in [7, 11) is 0. The third-order valence-corrected chi connectivity index (χ3v) is 3.35. The number of benzene rings is 1. The second-order valence-electron chi connectivity index (χ2n) is 4.52. The van der Waals surface area contributed by atoms with Gasteiger partial charge in [0.15, 0.2) is 0 Å². The highest BCUT2D eigenvalue weighted by Gasteiger charge is 2.07. The first-order valence-corrected chi connectivity index (χ1v) is 6.84. The third-order valence-electron chi connectivity index (χ3n) is 3.07. The molecule has 1 unspecified atom stereocenters. The van der Waals surface area contributed by atoms with Crippen LogP contribution in [0.4, 0.5) is 4.39 Å². The summed E-state index contributed by atoms with van der Waals surface area (Å²) in [6.45, 7) is 10.3. The van der Waals surface area contributed by atoms with Crippen molar-refractivity contribution >= 4 is 11.6 Å². The van der Waals surface area contributed by atoms with E-state index in [0.717, 1.165) is 25.2 Å². The van der Waals surface area contributed by atoms with Crippen LogP contribution in [-0.2, 0) is 6.54 Å². The molecule has 18 heavy (non-hydrogen) atoms. The number of likely N-dealkylation sites (N-methyl/N-ethyl adjacent to an activating group) is 1. The van der Waals surface area contributed by atoms with E-state index < -0.39 is 0 Å². The molecule has 1 aromatic rings. The van der Waals surface area contributed by atoms with E-state index >= 15 is 0 Å². The molecule has 0 aromatic heterocycles. The van der Waals surface area contributed by atoms with Gasteiger partial charge in [0.05, 0.1) is 5.02 Å². The van der Waals surface area contributed by atoms with Gasteiger partial charge in [-0.25, -0.2) is 4.39 Å². The van der Waals surface area contributed by atoms with E-state index in [1.165, 1.54) is 6.07 Å². The molecule has 1 N–H and O–H groups in total. The quantitative estimate of drug-likeness (QED) is 0.819. The van der Waals surface area contributed by atoms with Crippen LogP contribution >= 0.6 is 11.6 Å². The fourth-order valence-electron chi connectivity index (χ4n) is 1.88. The minimum atomic E-state index is -0.364. The van der Waals surface area contributed by atoms with Gasteiger partial charge >= 0.3 is 0 Å². The lowest BCUT2D eigenvalue weighted by Gasteiger charge is -2.23. The first kappa shape index (κ1) is 15.4.